The molecule has 0 unspecified atom stereocenters. The van der Waals surface area contributed by atoms with Crippen molar-refractivity contribution in [2.24, 2.45) is 0 Å². The summed E-state index contributed by atoms with van der Waals surface area (Å²) in [6.07, 6.45) is 1.56. The first-order chi connectivity index (χ1) is 14.1. The fraction of sp³-hybridized carbons (Fsp3) is 0.250. The van der Waals surface area contributed by atoms with E-state index in [0.717, 1.165) is 18.4 Å². The Morgan fingerprint density at radius 1 is 1.14 bits per heavy atom. The van der Waals surface area contributed by atoms with Gasteiger partial charge >= 0.3 is 0 Å². The Morgan fingerprint density at radius 2 is 1.93 bits per heavy atom. The Morgan fingerprint density at radius 3 is 2.72 bits per heavy atom. The number of hydrogen-bond donors (Lipinski definition) is 1. The lowest BCUT2D eigenvalue weighted by atomic mass is 9.94. The van der Waals surface area contributed by atoms with Crippen LogP contribution in [0, 0.1) is 0 Å². The summed E-state index contributed by atoms with van der Waals surface area (Å²) in [6.45, 7) is 0.478. The predicted molar refractivity (Wildman–Crippen MR) is 108 cm³/mol. The van der Waals surface area contributed by atoms with Gasteiger partial charge in [0.15, 0.2) is 16.5 Å². The highest BCUT2D eigenvalue weighted by molar-refractivity contribution is 7.15. The zero-order valence-electron chi connectivity index (χ0n) is 15.2. The standard InChI is InChI=1S/C20H16ClN3O4S/c21-13-2-4-14(5-3-13)26-10-17-23-24-19(29-17)22-18(25)20(7-8-20)12-1-6-15-16(9-12)28-11-27-15/h1-6,9H,7-8,10-11H2,(H,22,24,25). The molecule has 1 aliphatic carbocycles. The number of nitrogens with one attached hydrogen (secondary N) is 1. The van der Waals surface area contributed by atoms with Crippen LogP contribution in [0.25, 0.3) is 0 Å². The molecule has 0 radical (unpaired) electrons. The first kappa shape index (κ1) is 18.2. The van der Waals surface area contributed by atoms with Gasteiger partial charge in [-0.3, -0.25) is 10.1 Å². The molecule has 1 fully saturated rings. The van der Waals surface area contributed by atoms with E-state index in [9.17, 15) is 4.79 Å². The number of anilines is 1. The lowest BCUT2D eigenvalue weighted by Gasteiger charge is -2.14. The Labute approximate surface area is 175 Å². The molecule has 5 rings (SSSR count). The molecule has 0 saturated heterocycles. The van der Waals surface area contributed by atoms with Gasteiger partial charge < -0.3 is 14.2 Å². The van der Waals surface area contributed by atoms with Gasteiger partial charge in [-0.1, -0.05) is 29.0 Å². The van der Waals surface area contributed by atoms with Crippen molar-refractivity contribution in [1.29, 1.82) is 0 Å². The summed E-state index contributed by atoms with van der Waals surface area (Å²) >= 11 is 7.16. The molecule has 1 aliphatic heterocycles. The summed E-state index contributed by atoms with van der Waals surface area (Å²) in [6, 6.07) is 12.7. The van der Waals surface area contributed by atoms with E-state index >= 15 is 0 Å². The maximum atomic E-state index is 12.9. The van der Waals surface area contributed by atoms with Crippen LogP contribution in [0.3, 0.4) is 0 Å². The van der Waals surface area contributed by atoms with Gasteiger partial charge in [0.25, 0.3) is 0 Å². The minimum Gasteiger partial charge on any atom is -0.486 e. The Hall–Kier alpha value is -2.84. The SMILES string of the molecule is O=C(Nc1nnc(COc2ccc(Cl)cc2)s1)C1(c2ccc3c(c2)OCO3)CC1. The van der Waals surface area contributed by atoms with Gasteiger partial charge in [-0.05, 0) is 54.8 Å². The zero-order valence-corrected chi connectivity index (χ0v) is 16.8. The molecule has 148 valence electrons. The largest absolute Gasteiger partial charge is 0.486 e. The van der Waals surface area contributed by atoms with Crippen molar-refractivity contribution in [2.45, 2.75) is 24.9 Å². The van der Waals surface area contributed by atoms with E-state index in [0.29, 0.717) is 32.4 Å². The Bertz CT molecular complexity index is 1070. The van der Waals surface area contributed by atoms with Crippen LogP contribution >= 0.6 is 22.9 Å². The van der Waals surface area contributed by atoms with Gasteiger partial charge in [-0.2, -0.15) is 0 Å². The fourth-order valence-electron chi connectivity index (χ4n) is 3.22. The van der Waals surface area contributed by atoms with Crippen molar-refractivity contribution >= 4 is 34.0 Å². The van der Waals surface area contributed by atoms with E-state index in [1.165, 1.54) is 11.3 Å². The number of rotatable bonds is 6. The van der Waals surface area contributed by atoms with Crippen LogP contribution in [0.1, 0.15) is 23.4 Å². The number of carbonyl (C=O) groups excluding carboxylic acids is 1. The first-order valence-corrected chi connectivity index (χ1v) is 10.2. The number of amides is 1. The number of halogens is 1. The van der Waals surface area contributed by atoms with Crippen LogP contribution in [0.4, 0.5) is 5.13 Å². The highest BCUT2D eigenvalue weighted by Gasteiger charge is 2.52. The zero-order chi connectivity index (χ0) is 19.8. The molecule has 0 spiro atoms. The molecule has 1 saturated carbocycles. The average molecular weight is 430 g/mol. The maximum absolute atomic E-state index is 12.9. The van der Waals surface area contributed by atoms with Crippen molar-refractivity contribution < 1.29 is 19.0 Å². The number of benzene rings is 2. The first-order valence-electron chi connectivity index (χ1n) is 9.05. The molecular formula is C20H16ClN3O4S. The summed E-state index contributed by atoms with van der Waals surface area (Å²) < 4.78 is 16.5. The topological polar surface area (TPSA) is 82.6 Å². The van der Waals surface area contributed by atoms with Gasteiger partial charge in [0.2, 0.25) is 17.8 Å². The van der Waals surface area contributed by atoms with Gasteiger partial charge in [-0.25, -0.2) is 0 Å². The lowest BCUT2D eigenvalue weighted by Crippen LogP contribution is -2.27. The van der Waals surface area contributed by atoms with E-state index in [1.807, 2.05) is 18.2 Å². The summed E-state index contributed by atoms with van der Waals surface area (Å²) in [5.74, 6) is 1.99. The van der Waals surface area contributed by atoms with Crippen LogP contribution in [0.15, 0.2) is 42.5 Å². The molecule has 1 N–H and O–H groups in total. The highest BCUT2D eigenvalue weighted by atomic mass is 35.5. The van der Waals surface area contributed by atoms with Gasteiger partial charge in [-0.15, -0.1) is 10.2 Å². The van der Waals surface area contributed by atoms with Crippen LogP contribution in [0.2, 0.25) is 5.02 Å². The van der Waals surface area contributed by atoms with E-state index in [2.05, 4.69) is 15.5 Å². The molecule has 1 aromatic heterocycles. The molecule has 29 heavy (non-hydrogen) atoms. The second-order valence-corrected chi connectivity index (χ2v) is 8.35. The molecule has 2 aliphatic rings. The van der Waals surface area contributed by atoms with Crippen molar-refractivity contribution in [3.05, 3.63) is 58.1 Å². The quantitative estimate of drug-likeness (QED) is 0.633. The molecule has 7 nitrogen and oxygen atoms in total. The molecular weight excluding hydrogens is 414 g/mol. The minimum absolute atomic E-state index is 0.0855. The molecule has 2 heterocycles. The maximum Gasteiger partial charge on any atom is 0.236 e. The van der Waals surface area contributed by atoms with Gasteiger partial charge in [0.1, 0.15) is 12.4 Å². The van der Waals surface area contributed by atoms with E-state index in [-0.39, 0.29) is 19.3 Å². The summed E-state index contributed by atoms with van der Waals surface area (Å²) in [5.41, 5.74) is 0.377. The number of nitrogens with zero attached hydrogens (tertiary/aromatic N) is 2. The monoisotopic (exact) mass is 429 g/mol. The Balaban J connectivity index is 1.24. The van der Waals surface area contributed by atoms with E-state index in [1.54, 1.807) is 24.3 Å². The number of aromatic nitrogens is 2. The molecule has 0 bridgehead atoms. The number of carbonyl (C=O) groups is 1. The molecule has 1 amide bonds. The molecule has 9 heteroatoms. The minimum atomic E-state index is -0.549. The smallest absolute Gasteiger partial charge is 0.236 e. The van der Waals surface area contributed by atoms with Crippen LogP contribution in [0.5, 0.6) is 17.2 Å². The second-order valence-electron chi connectivity index (χ2n) is 6.85. The summed E-state index contributed by atoms with van der Waals surface area (Å²) in [7, 11) is 0. The van der Waals surface area contributed by atoms with Crippen LogP contribution < -0.4 is 19.5 Å². The molecule has 3 aromatic rings. The second kappa shape index (κ2) is 7.20. The van der Waals surface area contributed by atoms with Crippen molar-refractivity contribution in [2.75, 3.05) is 12.1 Å². The van der Waals surface area contributed by atoms with Crippen molar-refractivity contribution in [3.8, 4) is 17.2 Å². The number of hydrogen-bond acceptors (Lipinski definition) is 7. The summed E-state index contributed by atoms with van der Waals surface area (Å²) in [5, 5.41) is 12.8. The van der Waals surface area contributed by atoms with Crippen LogP contribution in [-0.2, 0) is 16.8 Å². The van der Waals surface area contributed by atoms with E-state index < -0.39 is 5.41 Å². The normalized spacial score (nSPS) is 15.8. The van der Waals surface area contributed by atoms with Gasteiger partial charge in [0.05, 0.1) is 5.41 Å². The summed E-state index contributed by atoms with van der Waals surface area (Å²) in [4.78, 5) is 12.9. The molecule has 2 aromatic carbocycles. The van der Waals surface area contributed by atoms with Gasteiger partial charge in [0, 0.05) is 5.02 Å². The fourth-order valence-corrected chi connectivity index (χ4v) is 4.00. The number of ether oxygens (including phenoxy) is 3. The van der Waals surface area contributed by atoms with Crippen LogP contribution in [-0.4, -0.2) is 22.9 Å². The van der Waals surface area contributed by atoms with Crippen molar-refractivity contribution in [1.82, 2.24) is 10.2 Å². The average Bonchev–Trinajstić information content (AvgIpc) is 3.20. The predicted octanol–water partition coefficient (Wildman–Crippen LogP) is 4.17. The van der Waals surface area contributed by atoms with E-state index in [4.69, 9.17) is 25.8 Å². The number of fused-ring (bicyclic) bond motifs is 1. The third-order valence-corrected chi connectivity index (χ3v) is 6.04. The third kappa shape index (κ3) is 3.61. The highest BCUT2D eigenvalue weighted by Crippen LogP contribution is 2.51. The lowest BCUT2D eigenvalue weighted by molar-refractivity contribution is -0.118. The third-order valence-electron chi connectivity index (χ3n) is 4.97. The molecule has 0 atom stereocenters. The Kier molecular flexibility index (Phi) is 4.52. The van der Waals surface area contributed by atoms with Crippen molar-refractivity contribution in [3.63, 3.8) is 0 Å².